The van der Waals surface area contributed by atoms with E-state index < -0.39 is 30.1 Å². The Bertz CT molecular complexity index is 2410. The third-order valence-corrected chi connectivity index (χ3v) is 11.5. The first-order valence-corrected chi connectivity index (χ1v) is 21.4. The van der Waals surface area contributed by atoms with Crippen LogP contribution in [0.25, 0.3) is 11.1 Å². The molecule has 7 rings (SSSR count). The zero-order valence-electron chi connectivity index (χ0n) is 36.5. The summed E-state index contributed by atoms with van der Waals surface area (Å²) in [5.41, 5.74) is 10.1. The average Bonchev–Trinajstić information content (AvgIpc) is 3.63. The summed E-state index contributed by atoms with van der Waals surface area (Å²) in [5, 5.41) is 9.21. The second-order valence-corrected chi connectivity index (χ2v) is 15.9. The Morgan fingerprint density at radius 2 is 1.17 bits per heavy atom. The lowest BCUT2D eigenvalue weighted by Crippen LogP contribution is -2.49. The Hall–Kier alpha value is -7.07. The van der Waals surface area contributed by atoms with Crippen LogP contribution in [0.4, 0.5) is 4.79 Å². The lowest BCUT2D eigenvalue weighted by molar-refractivity contribution is -0.130. The van der Waals surface area contributed by atoms with E-state index in [1.54, 1.807) is 38.5 Å². The van der Waals surface area contributed by atoms with Gasteiger partial charge in [0.2, 0.25) is 5.91 Å². The van der Waals surface area contributed by atoms with E-state index in [1.165, 1.54) is 0 Å². The molecule has 0 fully saturated rings. The molecule has 63 heavy (non-hydrogen) atoms. The number of hydrogen-bond donors (Lipinski definition) is 3. The van der Waals surface area contributed by atoms with Gasteiger partial charge in [-0.2, -0.15) is 0 Å². The maximum absolute atomic E-state index is 13.9. The molecule has 0 aromatic heterocycles. The number of fused-ring (bicyclic) bond motifs is 3. The molecule has 0 saturated heterocycles. The topological polar surface area (TPSA) is 124 Å². The van der Waals surface area contributed by atoms with Gasteiger partial charge in [-0.15, -0.1) is 0 Å². The lowest BCUT2D eigenvalue weighted by Gasteiger charge is -2.25. The summed E-state index contributed by atoms with van der Waals surface area (Å²) < 4.78 is 23.1. The minimum atomic E-state index is -0.758. The molecule has 10 nitrogen and oxygen atoms in total. The number of benzene rings is 6. The summed E-state index contributed by atoms with van der Waals surface area (Å²) in [4.78, 5) is 41.0. The third kappa shape index (κ3) is 10.7. The molecule has 1 aliphatic rings. The van der Waals surface area contributed by atoms with E-state index in [9.17, 15) is 14.4 Å². The zero-order chi connectivity index (χ0) is 44.3. The summed E-state index contributed by atoms with van der Waals surface area (Å²) in [5.74, 6) is 0.761. The SMILES string of the molecule is CCCC[C@H](NC(=O)COc1ccc(C(NC(=O)OCC2c3ccccc3-c3ccccc32)c2ccc(OC)cc2OC)cc1)C(=O)NC(c1ccc(C)cc1)c1ccc(C)cc1. The minimum absolute atomic E-state index is 0.101. The van der Waals surface area contributed by atoms with Gasteiger partial charge in [-0.25, -0.2) is 4.79 Å². The number of ether oxygens (including phenoxy) is 4. The van der Waals surface area contributed by atoms with E-state index in [0.717, 1.165) is 62.9 Å². The summed E-state index contributed by atoms with van der Waals surface area (Å²) >= 11 is 0. The van der Waals surface area contributed by atoms with E-state index >= 15 is 0 Å². The molecule has 3 amide bonds. The van der Waals surface area contributed by atoms with Gasteiger partial charge in [0.15, 0.2) is 6.61 Å². The first kappa shape index (κ1) is 44.0. The molecule has 2 atom stereocenters. The van der Waals surface area contributed by atoms with Crippen molar-refractivity contribution in [2.45, 2.75) is 64.1 Å². The highest BCUT2D eigenvalue weighted by atomic mass is 16.5. The molecule has 0 radical (unpaired) electrons. The van der Waals surface area contributed by atoms with Gasteiger partial charge in [-0.05, 0) is 83.5 Å². The van der Waals surface area contributed by atoms with Crippen LogP contribution in [0.5, 0.6) is 17.2 Å². The Morgan fingerprint density at radius 3 is 1.75 bits per heavy atom. The van der Waals surface area contributed by atoms with Crippen LogP contribution in [-0.2, 0) is 14.3 Å². The number of carbonyl (C=O) groups excluding carboxylic acids is 3. The number of hydrogen-bond acceptors (Lipinski definition) is 7. The zero-order valence-corrected chi connectivity index (χ0v) is 36.5. The van der Waals surface area contributed by atoms with Crippen molar-refractivity contribution in [3.05, 3.63) is 184 Å². The Balaban J connectivity index is 1.03. The fraction of sp³-hybridized carbons (Fsp3) is 0.264. The Labute approximate surface area is 370 Å². The molecule has 324 valence electrons. The molecule has 6 aromatic rings. The number of unbranched alkanes of at least 4 members (excludes halogenated alkanes) is 1. The second kappa shape index (κ2) is 20.7. The monoisotopic (exact) mass is 845 g/mol. The van der Waals surface area contributed by atoms with Gasteiger partial charge >= 0.3 is 6.09 Å². The van der Waals surface area contributed by atoms with Crippen molar-refractivity contribution in [2.24, 2.45) is 0 Å². The van der Waals surface area contributed by atoms with Crippen LogP contribution < -0.4 is 30.2 Å². The van der Waals surface area contributed by atoms with Crippen LogP contribution in [-0.4, -0.2) is 51.4 Å². The lowest BCUT2D eigenvalue weighted by atomic mass is 9.96. The van der Waals surface area contributed by atoms with Crippen molar-refractivity contribution in [3.63, 3.8) is 0 Å². The van der Waals surface area contributed by atoms with E-state index in [-0.39, 0.29) is 25.0 Å². The van der Waals surface area contributed by atoms with Gasteiger partial charge in [0, 0.05) is 17.5 Å². The second-order valence-electron chi connectivity index (χ2n) is 15.9. The van der Waals surface area contributed by atoms with Crippen molar-refractivity contribution in [2.75, 3.05) is 27.4 Å². The van der Waals surface area contributed by atoms with E-state index in [2.05, 4.69) is 40.2 Å². The quantitative estimate of drug-likeness (QED) is 0.0787. The van der Waals surface area contributed by atoms with Gasteiger partial charge in [-0.3, -0.25) is 9.59 Å². The van der Waals surface area contributed by atoms with E-state index in [4.69, 9.17) is 18.9 Å². The summed E-state index contributed by atoms with van der Waals surface area (Å²) in [6.07, 6.45) is 1.50. The van der Waals surface area contributed by atoms with Gasteiger partial charge in [0.1, 0.15) is 29.9 Å². The van der Waals surface area contributed by atoms with Crippen molar-refractivity contribution in [3.8, 4) is 28.4 Å². The van der Waals surface area contributed by atoms with E-state index in [0.29, 0.717) is 29.2 Å². The smallest absolute Gasteiger partial charge is 0.407 e. The largest absolute Gasteiger partial charge is 0.497 e. The minimum Gasteiger partial charge on any atom is -0.497 e. The normalized spacial score (nSPS) is 12.7. The average molecular weight is 846 g/mol. The number of amides is 3. The number of nitrogens with one attached hydrogen (secondary N) is 3. The van der Waals surface area contributed by atoms with Crippen LogP contribution in [0.2, 0.25) is 0 Å². The van der Waals surface area contributed by atoms with Crippen LogP contribution in [0.15, 0.2) is 140 Å². The first-order valence-electron chi connectivity index (χ1n) is 21.4. The first-order chi connectivity index (χ1) is 30.6. The molecule has 0 heterocycles. The van der Waals surface area contributed by atoms with Gasteiger partial charge in [-0.1, -0.05) is 140 Å². The highest BCUT2D eigenvalue weighted by Crippen LogP contribution is 2.44. The number of alkyl carbamates (subject to hydrolysis) is 1. The standard InChI is InChI=1S/C53H55N3O7/c1-6-7-16-47(52(58)55-50(36-21-17-34(2)18-22-36)37-23-19-35(3)20-24-37)54-49(57)33-62-39-27-25-38(26-28-39)51(45-30-29-40(60-4)31-48(45)61-5)56-53(59)63-32-46-43-14-10-8-12-41(43)42-13-9-11-15-44(42)46/h8-15,17-31,46-47,50-51H,6-7,16,32-33H2,1-5H3,(H,54,57)(H,55,58)(H,56,59)/t47-,51?/m0/s1. The molecular weight excluding hydrogens is 791 g/mol. The molecule has 0 spiro atoms. The number of aryl methyl sites for hydroxylation is 2. The summed E-state index contributed by atoms with van der Waals surface area (Å²) in [6.45, 7) is 5.96. The highest BCUT2D eigenvalue weighted by Gasteiger charge is 2.30. The van der Waals surface area contributed by atoms with Crippen LogP contribution in [0.3, 0.4) is 0 Å². The third-order valence-electron chi connectivity index (χ3n) is 11.5. The van der Waals surface area contributed by atoms with Crippen LogP contribution in [0.1, 0.15) is 88.7 Å². The Kier molecular flexibility index (Phi) is 14.4. The van der Waals surface area contributed by atoms with Gasteiger partial charge in [0.05, 0.1) is 26.3 Å². The number of rotatable bonds is 18. The molecule has 1 unspecified atom stereocenters. The Morgan fingerprint density at radius 1 is 0.619 bits per heavy atom. The van der Waals surface area contributed by atoms with Crippen molar-refractivity contribution in [1.29, 1.82) is 0 Å². The molecule has 6 aromatic carbocycles. The summed E-state index contributed by atoms with van der Waals surface area (Å²) in [7, 11) is 3.14. The van der Waals surface area contributed by atoms with E-state index in [1.807, 2.05) is 112 Å². The number of methoxy groups -OCH3 is 2. The molecule has 0 bridgehead atoms. The van der Waals surface area contributed by atoms with Gasteiger partial charge in [0.25, 0.3) is 5.91 Å². The fourth-order valence-corrected chi connectivity index (χ4v) is 8.09. The summed E-state index contributed by atoms with van der Waals surface area (Å²) in [6, 6.07) is 43.3. The maximum atomic E-state index is 13.9. The molecular formula is C53H55N3O7. The predicted octanol–water partition coefficient (Wildman–Crippen LogP) is 9.91. The van der Waals surface area contributed by atoms with Crippen LogP contribution >= 0.6 is 0 Å². The molecule has 0 aliphatic heterocycles. The van der Waals surface area contributed by atoms with Gasteiger partial charge < -0.3 is 34.9 Å². The van der Waals surface area contributed by atoms with Crippen molar-refractivity contribution in [1.82, 2.24) is 16.0 Å². The molecule has 0 saturated carbocycles. The maximum Gasteiger partial charge on any atom is 0.407 e. The predicted molar refractivity (Wildman–Crippen MR) is 245 cm³/mol. The van der Waals surface area contributed by atoms with Crippen LogP contribution in [0, 0.1) is 13.8 Å². The van der Waals surface area contributed by atoms with Crippen molar-refractivity contribution >= 4 is 17.9 Å². The van der Waals surface area contributed by atoms with Crippen molar-refractivity contribution < 1.29 is 33.3 Å². The molecule has 3 N–H and O–H groups in total. The fourth-order valence-electron chi connectivity index (χ4n) is 8.09. The highest BCUT2D eigenvalue weighted by molar-refractivity contribution is 5.88. The number of carbonyl (C=O) groups is 3. The molecule has 10 heteroatoms. The molecule has 1 aliphatic carbocycles.